The number of fused-ring (bicyclic) bond motifs is 1. The van der Waals surface area contributed by atoms with Crippen LogP contribution in [0.15, 0.2) is 35.1 Å². The van der Waals surface area contributed by atoms with Gasteiger partial charge in [0.1, 0.15) is 0 Å². The second kappa shape index (κ2) is 4.33. The van der Waals surface area contributed by atoms with Crippen LogP contribution in [0.4, 0.5) is 0 Å². The first-order chi connectivity index (χ1) is 9.17. The van der Waals surface area contributed by atoms with Crippen molar-refractivity contribution in [2.75, 3.05) is 0 Å². The first-order valence-electron chi connectivity index (χ1n) is 5.93. The number of nitrogens with two attached hydrogens (primary N) is 1. The Morgan fingerprint density at radius 3 is 2.95 bits per heavy atom. The largest absolute Gasteiger partial charge is 0.326 e. The number of aromatic nitrogens is 4. The van der Waals surface area contributed by atoms with Gasteiger partial charge in [-0.1, -0.05) is 18.2 Å². The van der Waals surface area contributed by atoms with Crippen LogP contribution in [-0.2, 0) is 6.54 Å². The van der Waals surface area contributed by atoms with Gasteiger partial charge in [0, 0.05) is 23.9 Å². The summed E-state index contributed by atoms with van der Waals surface area (Å²) in [5.74, 6) is 0.976. The molecule has 0 bridgehead atoms. The Labute approximate surface area is 108 Å². The van der Waals surface area contributed by atoms with Crippen LogP contribution in [0.5, 0.6) is 0 Å². The number of aromatic amines is 1. The van der Waals surface area contributed by atoms with E-state index in [1.165, 1.54) is 10.6 Å². The van der Waals surface area contributed by atoms with Crippen molar-refractivity contribution in [3.63, 3.8) is 0 Å². The van der Waals surface area contributed by atoms with Crippen LogP contribution in [0.3, 0.4) is 0 Å². The van der Waals surface area contributed by atoms with Gasteiger partial charge < -0.3 is 5.73 Å². The molecule has 0 spiro atoms. The normalized spacial score (nSPS) is 11.1. The van der Waals surface area contributed by atoms with Crippen LogP contribution in [0.25, 0.3) is 17.2 Å². The Bertz CT molecular complexity index is 802. The van der Waals surface area contributed by atoms with Crippen LogP contribution in [0.2, 0.25) is 0 Å². The molecule has 0 aliphatic heterocycles. The highest BCUT2D eigenvalue weighted by atomic mass is 16.1. The van der Waals surface area contributed by atoms with E-state index in [0.717, 1.165) is 11.1 Å². The summed E-state index contributed by atoms with van der Waals surface area (Å²) in [4.78, 5) is 20.4. The highest BCUT2D eigenvalue weighted by Crippen LogP contribution is 2.16. The lowest BCUT2D eigenvalue weighted by molar-refractivity contribution is 0.892. The SMILES string of the molecule is Cc1cc(=O)n2[nH]c(-c3cccc(CN)c3)nc2n1. The van der Waals surface area contributed by atoms with Crippen LogP contribution in [0.1, 0.15) is 11.3 Å². The van der Waals surface area contributed by atoms with E-state index in [0.29, 0.717) is 23.8 Å². The summed E-state index contributed by atoms with van der Waals surface area (Å²) >= 11 is 0. The predicted molar refractivity (Wildman–Crippen MR) is 71.7 cm³/mol. The number of hydrogen-bond acceptors (Lipinski definition) is 4. The van der Waals surface area contributed by atoms with E-state index in [1.807, 2.05) is 24.3 Å². The first kappa shape index (κ1) is 11.6. The van der Waals surface area contributed by atoms with Crippen LogP contribution in [0, 0.1) is 6.92 Å². The fourth-order valence-electron chi connectivity index (χ4n) is 1.97. The van der Waals surface area contributed by atoms with Gasteiger partial charge in [-0.15, -0.1) is 0 Å². The number of nitrogens with one attached hydrogen (secondary N) is 1. The number of rotatable bonds is 2. The van der Waals surface area contributed by atoms with E-state index < -0.39 is 0 Å². The van der Waals surface area contributed by atoms with Crippen molar-refractivity contribution >= 4 is 5.78 Å². The van der Waals surface area contributed by atoms with Crippen LogP contribution >= 0.6 is 0 Å². The Morgan fingerprint density at radius 2 is 2.16 bits per heavy atom. The summed E-state index contributed by atoms with van der Waals surface area (Å²) in [5, 5.41) is 2.95. The van der Waals surface area contributed by atoms with Gasteiger partial charge in [0.25, 0.3) is 11.3 Å². The Kier molecular flexibility index (Phi) is 2.64. The van der Waals surface area contributed by atoms with Crippen molar-refractivity contribution in [3.8, 4) is 11.4 Å². The van der Waals surface area contributed by atoms with Gasteiger partial charge in [-0.25, -0.2) is 4.98 Å². The van der Waals surface area contributed by atoms with Gasteiger partial charge in [-0.05, 0) is 18.6 Å². The molecule has 0 unspecified atom stereocenters. The number of hydrogen-bond donors (Lipinski definition) is 2. The molecule has 0 saturated carbocycles. The number of benzene rings is 1. The number of aryl methyl sites for hydroxylation is 1. The zero-order valence-corrected chi connectivity index (χ0v) is 10.4. The third-order valence-electron chi connectivity index (χ3n) is 2.89. The maximum absolute atomic E-state index is 11.8. The third kappa shape index (κ3) is 2.02. The van der Waals surface area contributed by atoms with Gasteiger partial charge in [0.2, 0.25) is 0 Å². The maximum atomic E-state index is 11.8. The molecule has 6 heteroatoms. The second-order valence-corrected chi connectivity index (χ2v) is 4.35. The first-order valence-corrected chi connectivity index (χ1v) is 5.93. The fourth-order valence-corrected chi connectivity index (χ4v) is 1.97. The molecule has 3 aromatic rings. The molecule has 0 atom stereocenters. The molecule has 0 aliphatic rings. The molecule has 19 heavy (non-hydrogen) atoms. The minimum atomic E-state index is -0.170. The Morgan fingerprint density at radius 1 is 1.32 bits per heavy atom. The van der Waals surface area contributed by atoms with Crippen LogP contribution < -0.4 is 11.3 Å². The maximum Gasteiger partial charge on any atom is 0.274 e. The molecular weight excluding hydrogens is 242 g/mol. The topological polar surface area (TPSA) is 89.1 Å². The van der Waals surface area contributed by atoms with Crippen molar-refractivity contribution in [3.05, 3.63) is 51.9 Å². The highest BCUT2D eigenvalue weighted by Gasteiger charge is 2.08. The minimum Gasteiger partial charge on any atom is -0.326 e. The number of H-pyrrole nitrogens is 1. The van der Waals surface area contributed by atoms with Crippen molar-refractivity contribution in [1.82, 2.24) is 19.6 Å². The molecule has 96 valence electrons. The molecule has 2 heterocycles. The van der Waals surface area contributed by atoms with E-state index in [2.05, 4.69) is 15.1 Å². The molecule has 3 rings (SSSR count). The summed E-state index contributed by atoms with van der Waals surface area (Å²) in [5.41, 5.74) is 7.99. The standard InChI is InChI=1S/C13H13N5O/c1-8-5-11(19)18-13(15-8)16-12(17-18)10-4-2-3-9(6-10)7-14/h2-6H,7,14H2,1H3,(H,15,16,17). The van der Waals surface area contributed by atoms with Gasteiger partial charge >= 0.3 is 0 Å². The lowest BCUT2D eigenvalue weighted by Crippen LogP contribution is -2.14. The minimum absolute atomic E-state index is 0.170. The van der Waals surface area contributed by atoms with E-state index in [-0.39, 0.29) is 5.56 Å². The summed E-state index contributed by atoms with van der Waals surface area (Å²) in [7, 11) is 0. The molecular formula is C13H13N5O. The third-order valence-corrected chi connectivity index (χ3v) is 2.89. The fraction of sp³-hybridized carbons (Fsp3) is 0.154. The zero-order valence-electron chi connectivity index (χ0n) is 10.4. The van der Waals surface area contributed by atoms with Gasteiger partial charge in [0.05, 0.1) is 0 Å². The molecule has 1 aromatic carbocycles. The Hall–Kier alpha value is -2.47. The molecule has 2 aromatic heterocycles. The second-order valence-electron chi connectivity index (χ2n) is 4.35. The highest BCUT2D eigenvalue weighted by molar-refractivity contribution is 5.57. The van der Waals surface area contributed by atoms with E-state index >= 15 is 0 Å². The molecule has 0 amide bonds. The lowest BCUT2D eigenvalue weighted by atomic mass is 10.1. The molecule has 3 N–H and O–H groups in total. The predicted octanol–water partition coefficient (Wildman–Crippen LogP) is 0.852. The van der Waals surface area contributed by atoms with E-state index in [1.54, 1.807) is 6.92 Å². The van der Waals surface area contributed by atoms with E-state index in [9.17, 15) is 4.79 Å². The van der Waals surface area contributed by atoms with Crippen molar-refractivity contribution in [2.24, 2.45) is 5.73 Å². The smallest absolute Gasteiger partial charge is 0.274 e. The summed E-state index contributed by atoms with van der Waals surface area (Å²) in [6.45, 7) is 2.23. The quantitative estimate of drug-likeness (QED) is 0.710. The summed E-state index contributed by atoms with van der Waals surface area (Å²) < 4.78 is 1.33. The molecule has 0 aliphatic carbocycles. The molecule has 0 saturated heterocycles. The summed E-state index contributed by atoms with van der Waals surface area (Å²) in [6.07, 6.45) is 0. The average Bonchev–Trinajstić information content (AvgIpc) is 2.83. The monoisotopic (exact) mass is 255 g/mol. The molecule has 0 radical (unpaired) electrons. The van der Waals surface area contributed by atoms with E-state index in [4.69, 9.17) is 5.73 Å². The molecule has 6 nitrogen and oxygen atoms in total. The number of nitrogens with zero attached hydrogens (tertiary/aromatic N) is 3. The Balaban J connectivity index is 2.20. The van der Waals surface area contributed by atoms with Gasteiger partial charge in [0.15, 0.2) is 5.82 Å². The summed E-state index contributed by atoms with van der Waals surface area (Å²) in [6, 6.07) is 9.17. The van der Waals surface area contributed by atoms with Crippen molar-refractivity contribution in [2.45, 2.75) is 13.5 Å². The van der Waals surface area contributed by atoms with Crippen LogP contribution in [-0.4, -0.2) is 19.6 Å². The zero-order chi connectivity index (χ0) is 13.4. The lowest BCUT2D eigenvalue weighted by Gasteiger charge is -1.99. The van der Waals surface area contributed by atoms with Crippen molar-refractivity contribution in [1.29, 1.82) is 0 Å². The average molecular weight is 255 g/mol. The molecule has 0 fully saturated rings. The van der Waals surface area contributed by atoms with Crippen molar-refractivity contribution < 1.29 is 0 Å². The van der Waals surface area contributed by atoms with Gasteiger partial charge in [-0.2, -0.15) is 9.50 Å². The van der Waals surface area contributed by atoms with Gasteiger partial charge in [-0.3, -0.25) is 9.89 Å².